The first-order chi connectivity index (χ1) is 15.4. The minimum Gasteiger partial charge on any atom is -0.467 e. The topological polar surface area (TPSA) is 131 Å². The molecule has 11 nitrogen and oxygen atoms in total. The number of hydrogen-bond acceptors (Lipinski definition) is 10. The van der Waals surface area contributed by atoms with Gasteiger partial charge in [0.15, 0.2) is 6.79 Å². The Morgan fingerprint density at radius 2 is 2.16 bits per heavy atom. The highest BCUT2D eigenvalue weighted by Crippen LogP contribution is 2.33. The van der Waals surface area contributed by atoms with E-state index in [0.717, 1.165) is 17.0 Å². The molecular formula is C20H21N5O6S. The van der Waals surface area contributed by atoms with Gasteiger partial charge >= 0.3 is 5.97 Å². The quantitative estimate of drug-likeness (QED) is 0.225. The molecule has 0 N–H and O–H groups in total. The zero-order valence-corrected chi connectivity index (χ0v) is 18.6. The van der Waals surface area contributed by atoms with Gasteiger partial charge in [0.2, 0.25) is 5.16 Å². The van der Waals surface area contributed by atoms with Crippen molar-refractivity contribution in [2.75, 3.05) is 13.0 Å². The molecule has 0 radical (unpaired) electrons. The molecule has 0 saturated carbocycles. The number of nitro groups is 1. The van der Waals surface area contributed by atoms with Gasteiger partial charge in [-0.15, -0.1) is 5.10 Å². The molecule has 0 atom stereocenters. The van der Waals surface area contributed by atoms with E-state index in [4.69, 9.17) is 14.2 Å². The summed E-state index contributed by atoms with van der Waals surface area (Å²) in [7, 11) is 0. The maximum atomic E-state index is 12.4. The van der Waals surface area contributed by atoms with E-state index in [1.54, 1.807) is 4.52 Å². The molecule has 0 aliphatic carbocycles. The van der Waals surface area contributed by atoms with Crippen LogP contribution in [0.25, 0.3) is 5.78 Å². The zero-order valence-electron chi connectivity index (χ0n) is 17.8. The zero-order chi connectivity index (χ0) is 22.8. The Balaban J connectivity index is 1.45. The van der Waals surface area contributed by atoms with Gasteiger partial charge in [-0.25, -0.2) is 9.50 Å². The largest absolute Gasteiger partial charge is 0.467 e. The van der Waals surface area contributed by atoms with E-state index < -0.39 is 10.9 Å². The molecule has 0 unspecified atom stereocenters. The van der Waals surface area contributed by atoms with E-state index in [0.29, 0.717) is 34.2 Å². The molecule has 32 heavy (non-hydrogen) atoms. The van der Waals surface area contributed by atoms with Gasteiger partial charge < -0.3 is 14.2 Å². The van der Waals surface area contributed by atoms with Crippen LogP contribution in [-0.4, -0.2) is 43.5 Å². The lowest BCUT2D eigenvalue weighted by atomic mass is 10.1. The van der Waals surface area contributed by atoms with Crippen molar-refractivity contribution in [3.63, 3.8) is 0 Å². The third-order valence-electron chi connectivity index (χ3n) is 5.16. The second kappa shape index (κ2) is 9.09. The molecule has 4 rings (SSSR count). The highest BCUT2D eigenvalue weighted by Gasteiger charge is 2.22. The Labute approximate surface area is 187 Å². The molecule has 1 aromatic carbocycles. The van der Waals surface area contributed by atoms with Crippen molar-refractivity contribution in [2.24, 2.45) is 0 Å². The average Bonchev–Trinajstić information content (AvgIpc) is 3.20. The summed E-state index contributed by atoms with van der Waals surface area (Å²) in [5, 5.41) is 16.3. The first kappa shape index (κ1) is 22.0. The molecule has 12 heteroatoms. The minimum atomic E-state index is -0.499. The van der Waals surface area contributed by atoms with Crippen LogP contribution in [0, 0.1) is 24.0 Å². The first-order valence-electron chi connectivity index (χ1n) is 9.80. The molecule has 3 aromatic rings. The summed E-state index contributed by atoms with van der Waals surface area (Å²) in [6.07, 6.45) is 2.44. The van der Waals surface area contributed by atoms with Crippen LogP contribution in [0.15, 0.2) is 17.3 Å². The Morgan fingerprint density at radius 1 is 1.34 bits per heavy atom. The van der Waals surface area contributed by atoms with Crippen LogP contribution in [0.2, 0.25) is 0 Å². The Hall–Kier alpha value is -3.25. The summed E-state index contributed by atoms with van der Waals surface area (Å²) >= 11 is 1.43. The number of fused-ring (bicyclic) bond motifs is 2. The standard InChI is InChI=1S/C20H21N5O6S/c1-11-16(12(2)24-19(21-11)22-20(23-24)32-3)4-5-17(26)30-9-14-7-15(25(27)28)6-13-8-29-10-31-18(13)14/h6-7H,4-5,8-10H2,1-3H3. The van der Waals surface area contributed by atoms with Crippen LogP contribution in [-0.2, 0) is 33.9 Å². The van der Waals surface area contributed by atoms with Gasteiger partial charge in [-0.1, -0.05) is 11.8 Å². The van der Waals surface area contributed by atoms with Gasteiger partial charge in [0, 0.05) is 41.1 Å². The second-order valence-electron chi connectivity index (χ2n) is 7.19. The number of ether oxygens (including phenoxy) is 3. The first-order valence-corrected chi connectivity index (χ1v) is 11.0. The third-order valence-corrected chi connectivity index (χ3v) is 5.70. The van der Waals surface area contributed by atoms with Crippen molar-refractivity contribution in [3.8, 4) is 5.75 Å². The number of aryl methyl sites for hydroxylation is 2. The third kappa shape index (κ3) is 4.36. The summed E-state index contributed by atoms with van der Waals surface area (Å²) in [6, 6.07) is 2.76. The number of esters is 1. The van der Waals surface area contributed by atoms with Gasteiger partial charge in [-0.05, 0) is 32.1 Å². The van der Waals surface area contributed by atoms with Crippen LogP contribution in [0.5, 0.6) is 5.75 Å². The number of non-ortho nitro benzene ring substituents is 1. The van der Waals surface area contributed by atoms with Crippen molar-refractivity contribution < 1.29 is 23.9 Å². The van der Waals surface area contributed by atoms with Gasteiger partial charge in [0.25, 0.3) is 11.5 Å². The molecule has 0 amide bonds. The predicted octanol–water partition coefficient (Wildman–Crippen LogP) is 2.91. The molecule has 1 aliphatic heterocycles. The molecule has 0 spiro atoms. The molecule has 0 bridgehead atoms. The van der Waals surface area contributed by atoms with Crippen LogP contribution in [0.3, 0.4) is 0 Å². The van der Waals surface area contributed by atoms with E-state index in [1.165, 1.54) is 23.9 Å². The summed E-state index contributed by atoms with van der Waals surface area (Å²) < 4.78 is 17.7. The average molecular weight is 459 g/mol. The van der Waals surface area contributed by atoms with Gasteiger partial charge in [0.05, 0.1) is 11.5 Å². The van der Waals surface area contributed by atoms with E-state index in [2.05, 4.69) is 15.1 Å². The van der Waals surface area contributed by atoms with E-state index >= 15 is 0 Å². The molecule has 168 valence electrons. The second-order valence-corrected chi connectivity index (χ2v) is 7.97. The lowest BCUT2D eigenvalue weighted by Crippen LogP contribution is -2.15. The molecule has 2 aromatic heterocycles. The van der Waals surface area contributed by atoms with E-state index in [1.807, 2.05) is 20.1 Å². The number of benzene rings is 1. The van der Waals surface area contributed by atoms with Gasteiger partial charge in [-0.2, -0.15) is 4.98 Å². The fraction of sp³-hybridized carbons (Fsp3) is 0.400. The smallest absolute Gasteiger partial charge is 0.306 e. The Kier molecular flexibility index (Phi) is 6.24. The molecule has 0 fully saturated rings. The van der Waals surface area contributed by atoms with Gasteiger partial charge in [0.1, 0.15) is 12.4 Å². The summed E-state index contributed by atoms with van der Waals surface area (Å²) in [4.78, 5) is 32.0. The minimum absolute atomic E-state index is 0.0420. The number of thioether (sulfide) groups is 1. The highest BCUT2D eigenvalue weighted by atomic mass is 32.2. The maximum Gasteiger partial charge on any atom is 0.306 e. The van der Waals surface area contributed by atoms with E-state index in [-0.39, 0.29) is 32.1 Å². The van der Waals surface area contributed by atoms with Crippen LogP contribution < -0.4 is 4.74 Å². The van der Waals surface area contributed by atoms with Crippen LogP contribution >= 0.6 is 11.8 Å². The van der Waals surface area contributed by atoms with Crippen molar-refractivity contribution in [1.82, 2.24) is 19.6 Å². The van der Waals surface area contributed by atoms with Crippen molar-refractivity contribution in [1.29, 1.82) is 0 Å². The van der Waals surface area contributed by atoms with E-state index in [9.17, 15) is 14.9 Å². The van der Waals surface area contributed by atoms with Crippen molar-refractivity contribution in [3.05, 3.63) is 50.3 Å². The lowest BCUT2D eigenvalue weighted by Gasteiger charge is -2.20. The summed E-state index contributed by atoms with van der Waals surface area (Å²) in [5.74, 6) is 0.557. The number of rotatable bonds is 7. The fourth-order valence-electron chi connectivity index (χ4n) is 3.59. The molecule has 1 aliphatic rings. The normalized spacial score (nSPS) is 13.0. The predicted molar refractivity (Wildman–Crippen MR) is 114 cm³/mol. The molecule has 0 saturated heterocycles. The lowest BCUT2D eigenvalue weighted by molar-refractivity contribution is -0.385. The van der Waals surface area contributed by atoms with Crippen molar-refractivity contribution >= 4 is 29.2 Å². The molecule has 3 heterocycles. The monoisotopic (exact) mass is 459 g/mol. The number of nitrogens with zero attached hydrogens (tertiary/aromatic N) is 5. The number of hydrogen-bond donors (Lipinski definition) is 0. The Morgan fingerprint density at radius 3 is 2.91 bits per heavy atom. The van der Waals surface area contributed by atoms with Crippen LogP contribution in [0.1, 0.15) is 34.5 Å². The number of aromatic nitrogens is 4. The highest BCUT2D eigenvalue weighted by molar-refractivity contribution is 7.98. The SMILES string of the molecule is CSc1nc2nc(C)c(CCC(=O)OCc3cc([N+](=O)[O-])cc4c3OCOC4)c(C)n2n1. The van der Waals surface area contributed by atoms with Crippen molar-refractivity contribution in [2.45, 2.75) is 45.1 Å². The maximum absolute atomic E-state index is 12.4. The van der Waals surface area contributed by atoms with Gasteiger partial charge in [-0.3, -0.25) is 14.9 Å². The molecular weight excluding hydrogens is 438 g/mol. The Bertz CT molecular complexity index is 1210. The number of carbonyl (C=O) groups excluding carboxylic acids is 1. The number of nitro benzene ring substituents is 1. The fourth-order valence-corrected chi connectivity index (χ4v) is 3.93. The summed E-state index contributed by atoms with van der Waals surface area (Å²) in [6.45, 7) is 3.90. The van der Waals surface area contributed by atoms with Crippen LogP contribution in [0.4, 0.5) is 5.69 Å². The number of carbonyl (C=O) groups is 1. The summed E-state index contributed by atoms with van der Waals surface area (Å²) in [5.41, 5.74) is 3.44.